The lowest BCUT2D eigenvalue weighted by molar-refractivity contribution is -0.161. The number of aliphatic hydroxyl groups excluding tert-OH is 1. The predicted molar refractivity (Wildman–Crippen MR) is 285 cm³/mol. The van der Waals surface area contributed by atoms with E-state index in [1.165, 1.54) is 70.6 Å². The molecule has 0 bridgehead atoms. The molecule has 432 valence electrons. The molecule has 3 N–H and O–H groups in total. The monoisotopic (exact) mass is 1090 g/mol. The van der Waals surface area contributed by atoms with Crippen molar-refractivity contribution in [2.45, 2.75) is 278 Å². The molecule has 0 fully saturated rings. The van der Waals surface area contributed by atoms with E-state index in [-0.39, 0.29) is 25.7 Å². The van der Waals surface area contributed by atoms with Gasteiger partial charge in [-0.1, -0.05) is 208 Å². The van der Waals surface area contributed by atoms with Gasteiger partial charge in [0.25, 0.3) is 0 Å². The van der Waals surface area contributed by atoms with Crippen LogP contribution in [-0.2, 0) is 65.4 Å². The third kappa shape index (κ3) is 49.4. The van der Waals surface area contributed by atoms with Gasteiger partial charge >= 0.3 is 39.5 Å². The van der Waals surface area contributed by atoms with Crippen molar-refractivity contribution >= 4 is 39.5 Å². The molecule has 0 aromatic rings. The molecule has 0 aliphatic carbocycles. The highest BCUT2D eigenvalue weighted by Gasteiger charge is 2.30. The topological polar surface area (TPSA) is 237 Å². The van der Waals surface area contributed by atoms with Gasteiger partial charge < -0.3 is 33.8 Å². The summed E-state index contributed by atoms with van der Waals surface area (Å²) in [5.74, 6) is -1.38. The molecular formula is C54H104O17P2. The van der Waals surface area contributed by atoms with Crippen molar-refractivity contribution in [1.29, 1.82) is 0 Å². The quantitative estimate of drug-likeness (QED) is 0.0222. The van der Waals surface area contributed by atoms with E-state index in [0.29, 0.717) is 25.7 Å². The van der Waals surface area contributed by atoms with Crippen molar-refractivity contribution < 1.29 is 80.2 Å². The van der Waals surface area contributed by atoms with Crippen LogP contribution in [0.1, 0.15) is 259 Å². The highest BCUT2D eigenvalue weighted by atomic mass is 31.2. The molecule has 0 amide bonds. The van der Waals surface area contributed by atoms with Crippen molar-refractivity contribution in [3.05, 3.63) is 0 Å². The highest BCUT2D eigenvalue weighted by Crippen LogP contribution is 2.45. The number of phosphoric acid groups is 2. The fourth-order valence-electron chi connectivity index (χ4n) is 7.81. The Balaban J connectivity index is 4.96. The average molecular weight is 1090 g/mol. The summed E-state index contributed by atoms with van der Waals surface area (Å²) >= 11 is 0. The summed E-state index contributed by atoms with van der Waals surface area (Å²) < 4.78 is 66.9. The second-order valence-electron chi connectivity index (χ2n) is 20.1. The van der Waals surface area contributed by atoms with E-state index in [1.54, 1.807) is 0 Å². The molecule has 0 saturated heterocycles. The van der Waals surface area contributed by atoms with Crippen LogP contribution in [0.4, 0.5) is 0 Å². The first kappa shape index (κ1) is 71.1. The lowest BCUT2D eigenvalue weighted by Crippen LogP contribution is -2.30. The molecule has 0 aliphatic rings. The molecule has 0 aromatic heterocycles. The Kier molecular flexibility index (Phi) is 47.1. The first-order valence-corrected chi connectivity index (χ1v) is 31.6. The number of hydrogen-bond donors (Lipinski definition) is 3. The minimum absolute atomic E-state index is 0.0986. The Hall–Kier alpha value is -1.94. The molecule has 73 heavy (non-hydrogen) atoms. The average Bonchev–Trinajstić information content (AvgIpc) is 3.35. The maximum Gasteiger partial charge on any atom is 0.472 e. The minimum atomic E-state index is -4.92. The Morgan fingerprint density at radius 2 is 0.630 bits per heavy atom. The number of carbonyl (C=O) groups is 4. The smallest absolute Gasteiger partial charge is 0.462 e. The number of carbonyl (C=O) groups excluding carboxylic acids is 4. The Morgan fingerprint density at radius 1 is 0.370 bits per heavy atom. The van der Waals surface area contributed by atoms with E-state index in [4.69, 9.17) is 37.0 Å². The van der Waals surface area contributed by atoms with E-state index < -0.39 is 97.5 Å². The number of aliphatic hydroxyl groups is 1. The number of hydrogen-bond acceptors (Lipinski definition) is 15. The van der Waals surface area contributed by atoms with E-state index in [9.17, 15) is 43.2 Å². The largest absolute Gasteiger partial charge is 0.472 e. The number of unbranched alkanes of at least 4 members (excludes halogenated alkanes) is 26. The van der Waals surface area contributed by atoms with Gasteiger partial charge in [0.05, 0.1) is 26.4 Å². The second-order valence-corrected chi connectivity index (χ2v) is 23.0. The summed E-state index contributed by atoms with van der Waals surface area (Å²) in [5, 5.41) is 10.4. The number of ether oxygens (including phenoxy) is 4. The zero-order chi connectivity index (χ0) is 54.3. The van der Waals surface area contributed by atoms with Crippen LogP contribution in [0.15, 0.2) is 0 Å². The first-order chi connectivity index (χ1) is 35.0. The van der Waals surface area contributed by atoms with E-state index in [2.05, 4.69) is 34.6 Å². The van der Waals surface area contributed by atoms with Gasteiger partial charge in [0.1, 0.15) is 19.3 Å². The number of esters is 4. The number of rotatable bonds is 54. The molecule has 0 radical (unpaired) electrons. The molecule has 2 unspecified atom stereocenters. The van der Waals surface area contributed by atoms with E-state index in [0.717, 1.165) is 109 Å². The highest BCUT2D eigenvalue weighted by molar-refractivity contribution is 7.47. The van der Waals surface area contributed by atoms with Gasteiger partial charge in [-0.25, -0.2) is 9.13 Å². The van der Waals surface area contributed by atoms with E-state index in [1.807, 2.05) is 0 Å². The summed E-state index contributed by atoms with van der Waals surface area (Å²) in [7, 11) is -9.84. The molecule has 0 rings (SSSR count). The van der Waals surface area contributed by atoms with Gasteiger partial charge in [0.15, 0.2) is 12.2 Å². The van der Waals surface area contributed by atoms with Crippen LogP contribution in [0.2, 0.25) is 0 Å². The van der Waals surface area contributed by atoms with Crippen LogP contribution in [0, 0.1) is 5.92 Å². The van der Waals surface area contributed by atoms with Crippen LogP contribution in [0.3, 0.4) is 0 Å². The Labute approximate surface area is 441 Å². The van der Waals surface area contributed by atoms with E-state index >= 15 is 0 Å². The molecule has 19 heteroatoms. The summed E-state index contributed by atoms with van der Waals surface area (Å²) in [6.07, 6.45) is 29.2. The molecule has 17 nitrogen and oxygen atoms in total. The van der Waals surface area contributed by atoms with Crippen LogP contribution >= 0.6 is 15.6 Å². The van der Waals surface area contributed by atoms with Crippen molar-refractivity contribution in [2.24, 2.45) is 5.92 Å². The molecule has 0 heterocycles. The maximum absolute atomic E-state index is 12.8. The fraction of sp³-hybridized carbons (Fsp3) is 0.926. The third-order valence-corrected chi connectivity index (χ3v) is 14.2. The van der Waals surface area contributed by atoms with Crippen LogP contribution < -0.4 is 0 Å². The minimum Gasteiger partial charge on any atom is -0.462 e. The molecule has 0 saturated carbocycles. The van der Waals surface area contributed by atoms with Crippen LogP contribution in [0.25, 0.3) is 0 Å². The van der Waals surface area contributed by atoms with Crippen molar-refractivity contribution in [3.63, 3.8) is 0 Å². The Morgan fingerprint density at radius 3 is 0.932 bits per heavy atom. The lowest BCUT2D eigenvalue weighted by Gasteiger charge is -2.21. The second kappa shape index (κ2) is 48.4. The summed E-state index contributed by atoms with van der Waals surface area (Å²) in [4.78, 5) is 70.9. The number of phosphoric ester groups is 2. The molecule has 0 spiro atoms. The Bertz CT molecular complexity index is 1450. The first-order valence-electron chi connectivity index (χ1n) is 28.6. The van der Waals surface area contributed by atoms with Gasteiger partial charge in [-0.05, 0) is 31.6 Å². The maximum atomic E-state index is 12.8. The summed E-state index contributed by atoms with van der Waals surface area (Å²) in [6.45, 7) is 6.87. The van der Waals surface area contributed by atoms with Gasteiger partial charge in [-0.2, -0.15) is 0 Å². The summed E-state index contributed by atoms with van der Waals surface area (Å²) in [5.41, 5.74) is 0. The van der Waals surface area contributed by atoms with Crippen molar-refractivity contribution in [2.75, 3.05) is 39.6 Å². The van der Waals surface area contributed by atoms with Crippen molar-refractivity contribution in [3.8, 4) is 0 Å². The van der Waals surface area contributed by atoms with Crippen LogP contribution in [0.5, 0.6) is 0 Å². The molecule has 0 aromatic carbocycles. The normalized spacial score (nSPS) is 14.5. The van der Waals surface area contributed by atoms with Gasteiger partial charge in [-0.3, -0.25) is 37.3 Å². The zero-order valence-corrected chi connectivity index (χ0v) is 48.0. The van der Waals surface area contributed by atoms with Gasteiger partial charge in [0, 0.05) is 25.7 Å². The van der Waals surface area contributed by atoms with Gasteiger partial charge in [-0.15, -0.1) is 0 Å². The zero-order valence-electron chi connectivity index (χ0n) is 46.3. The standard InChI is InChI=1S/C54H104O17P2/c1-6-9-12-26-32-37-51(56)64-43-49(70-53(58)39-34-28-14-11-8-3)45-68-72(60,61)66-41-48(55)42-67-73(62,63)69-46-50(44-65-52(57)38-33-27-13-10-7-2)71-54(59)40-35-30-25-23-21-19-17-15-16-18-20-22-24-29-31-36-47(4)5/h47-50,55H,6-46H2,1-5H3,(H,60,61)(H,62,63)/t48-,49+,50+/m0/s1. The van der Waals surface area contributed by atoms with Gasteiger partial charge in [0.2, 0.25) is 0 Å². The predicted octanol–water partition coefficient (Wildman–Crippen LogP) is 13.9. The molecule has 0 aliphatic heterocycles. The van der Waals surface area contributed by atoms with Crippen LogP contribution in [-0.4, -0.2) is 96.7 Å². The third-order valence-electron chi connectivity index (χ3n) is 12.3. The molecular weight excluding hydrogens is 983 g/mol. The fourth-order valence-corrected chi connectivity index (χ4v) is 9.39. The summed E-state index contributed by atoms with van der Waals surface area (Å²) in [6, 6.07) is 0. The lowest BCUT2D eigenvalue weighted by atomic mass is 10.0. The van der Waals surface area contributed by atoms with Crippen molar-refractivity contribution in [1.82, 2.24) is 0 Å². The SMILES string of the molecule is CCCCCCCC(=O)OC[C@H](COP(=O)(O)OC[C@H](O)COP(=O)(O)OC[C@@H](COC(=O)CCCCCCC)OC(=O)CCCCCCCCCCCCCCCCCC(C)C)OC(=O)CCCCCCC. The molecule has 5 atom stereocenters.